The third kappa shape index (κ3) is 3.34. The molecule has 0 aliphatic heterocycles. The van der Waals surface area contributed by atoms with Gasteiger partial charge in [-0.25, -0.2) is 0 Å². The molecule has 0 unspecified atom stereocenters. The van der Waals surface area contributed by atoms with Crippen LogP contribution in [0.4, 0.5) is 0 Å². The Hall–Kier alpha value is -3.40. The molecule has 0 aliphatic rings. The van der Waals surface area contributed by atoms with Gasteiger partial charge in [-0.2, -0.15) is 0 Å². The van der Waals surface area contributed by atoms with Crippen LogP contribution in [0.15, 0.2) is 79.1 Å². The summed E-state index contributed by atoms with van der Waals surface area (Å²) in [5.41, 5.74) is 5.51. The van der Waals surface area contributed by atoms with E-state index in [0.29, 0.717) is 12.8 Å². The molecule has 134 valence electrons. The molecule has 0 atom stereocenters. The predicted molar refractivity (Wildman–Crippen MR) is 107 cm³/mol. The summed E-state index contributed by atoms with van der Waals surface area (Å²) in [6, 6.07) is 22.5. The van der Waals surface area contributed by atoms with Crippen molar-refractivity contribution >= 4 is 16.9 Å². The molecule has 0 fully saturated rings. The van der Waals surface area contributed by atoms with E-state index in [1.165, 1.54) is 5.56 Å². The van der Waals surface area contributed by atoms with Crippen molar-refractivity contribution in [3.63, 3.8) is 0 Å². The van der Waals surface area contributed by atoms with Crippen LogP contribution in [0, 0.1) is 0 Å². The van der Waals surface area contributed by atoms with Gasteiger partial charge in [0.1, 0.15) is 0 Å². The molecule has 0 radical (unpaired) electrons. The quantitative estimate of drug-likeness (QED) is 0.523. The number of hydrogen-bond acceptors (Lipinski definition) is 2. The second kappa shape index (κ2) is 7.46. The lowest BCUT2D eigenvalue weighted by atomic mass is 10.0. The lowest BCUT2D eigenvalue weighted by Gasteiger charge is -2.12. The lowest BCUT2D eigenvalue weighted by Crippen LogP contribution is -2.00. The third-order valence-corrected chi connectivity index (χ3v) is 4.75. The van der Waals surface area contributed by atoms with Crippen LogP contribution in [0.5, 0.6) is 0 Å². The molecule has 4 aromatic rings. The Balaban J connectivity index is 1.98. The number of carboxylic acids is 1. The molecule has 2 aromatic carbocycles. The second-order valence-electron chi connectivity index (χ2n) is 6.50. The van der Waals surface area contributed by atoms with E-state index < -0.39 is 5.97 Å². The number of pyridine rings is 1. The van der Waals surface area contributed by atoms with Crippen molar-refractivity contribution in [3.05, 3.63) is 84.7 Å². The Morgan fingerprint density at radius 1 is 0.963 bits per heavy atom. The van der Waals surface area contributed by atoms with E-state index in [-0.39, 0.29) is 6.42 Å². The van der Waals surface area contributed by atoms with Crippen LogP contribution in [0.1, 0.15) is 18.4 Å². The highest BCUT2D eigenvalue weighted by Gasteiger charge is 2.19. The molecule has 27 heavy (non-hydrogen) atoms. The minimum Gasteiger partial charge on any atom is -0.481 e. The minimum atomic E-state index is -0.757. The summed E-state index contributed by atoms with van der Waals surface area (Å²) in [6.07, 6.45) is 5.12. The van der Waals surface area contributed by atoms with Crippen LogP contribution in [-0.2, 0) is 11.2 Å². The number of aliphatic carboxylic acids is 1. The van der Waals surface area contributed by atoms with Gasteiger partial charge in [0.25, 0.3) is 0 Å². The molecule has 0 aliphatic carbocycles. The van der Waals surface area contributed by atoms with Gasteiger partial charge in [-0.15, -0.1) is 0 Å². The van der Waals surface area contributed by atoms with Crippen molar-refractivity contribution in [3.8, 4) is 16.9 Å². The van der Waals surface area contributed by atoms with Crippen molar-refractivity contribution < 1.29 is 9.90 Å². The molecule has 4 nitrogen and oxygen atoms in total. The van der Waals surface area contributed by atoms with E-state index in [2.05, 4.69) is 33.8 Å². The van der Waals surface area contributed by atoms with Crippen molar-refractivity contribution in [1.82, 2.24) is 9.55 Å². The first-order chi connectivity index (χ1) is 13.3. The fourth-order valence-corrected chi connectivity index (χ4v) is 3.63. The summed E-state index contributed by atoms with van der Waals surface area (Å²) in [7, 11) is 0. The SMILES string of the molecule is O=C(O)CCCc1c(-c2ccccc2)n(-c2cccnc2)c2ccccc12. The number of aryl methyl sites for hydroxylation is 1. The standard InChI is InChI=1S/C23H20N2O2/c26-22(27)14-6-12-20-19-11-4-5-13-21(19)25(18-10-7-15-24-16-18)23(20)17-8-2-1-3-9-17/h1-5,7-11,13,15-16H,6,12,14H2,(H,26,27). The first-order valence-corrected chi connectivity index (χ1v) is 9.05. The smallest absolute Gasteiger partial charge is 0.303 e. The van der Waals surface area contributed by atoms with E-state index in [9.17, 15) is 4.79 Å². The number of aromatic nitrogens is 2. The molecule has 2 heterocycles. The number of nitrogens with zero attached hydrogens (tertiary/aromatic N) is 2. The predicted octanol–water partition coefficient (Wildman–Crippen LogP) is 5.10. The largest absolute Gasteiger partial charge is 0.481 e. The molecular weight excluding hydrogens is 336 g/mol. The first kappa shape index (κ1) is 17.0. The summed E-state index contributed by atoms with van der Waals surface area (Å²) >= 11 is 0. The number of carbonyl (C=O) groups is 1. The molecule has 4 rings (SSSR count). The Kier molecular flexibility index (Phi) is 4.71. The topological polar surface area (TPSA) is 55.1 Å². The molecule has 4 heteroatoms. The van der Waals surface area contributed by atoms with Gasteiger partial charge in [0, 0.05) is 18.0 Å². The lowest BCUT2D eigenvalue weighted by molar-refractivity contribution is -0.137. The van der Waals surface area contributed by atoms with Crippen LogP contribution in [0.25, 0.3) is 27.8 Å². The van der Waals surface area contributed by atoms with E-state index in [0.717, 1.165) is 27.8 Å². The highest BCUT2D eigenvalue weighted by atomic mass is 16.4. The van der Waals surface area contributed by atoms with Crippen molar-refractivity contribution in [2.45, 2.75) is 19.3 Å². The minimum absolute atomic E-state index is 0.167. The number of fused-ring (bicyclic) bond motifs is 1. The van der Waals surface area contributed by atoms with Crippen molar-refractivity contribution in [2.24, 2.45) is 0 Å². The number of rotatable bonds is 6. The summed E-state index contributed by atoms with van der Waals surface area (Å²) in [5.74, 6) is -0.757. The van der Waals surface area contributed by atoms with Crippen LogP contribution in [0.2, 0.25) is 0 Å². The van der Waals surface area contributed by atoms with Crippen LogP contribution in [0.3, 0.4) is 0 Å². The highest BCUT2D eigenvalue weighted by Crippen LogP contribution is 2.37. The Labute approximate surface area is 157 Å². The summed E-state index contributed by atoms with van der Waals surface area (Å²) in [6.45, 7) is 0. The molecule has 0 saturated carbocycles. The Morgan fingerprint density at radius 3 is 2.48 bits per heavy atom. The maximum Gasteiger partial charge on any atom is 0.303 e. The van der Waals surface area contributed by atoms with Crippen molar-refractivity contribution in [1.29, 1.82) is 0 Å². The van der Waals surface area contributed by atoms with Gasteiger partial charge in [0.15, 0.2) is 0 Å². The number of carboxylic acid groups (broad SMARTS) is 1. The molecule has 0 spiro atoms. The Morgan fingerprint density at radius 2 is 1.74 bits per heavy atom. The summed E-state index contributed by atoms with van der Waals surface area (Å²) in [5, 5.41) is 10.2. The number of hydrogen-bond donors (Lipinski definition) is 1. The number of para-hydroxylation sites is 1. The van der Waals surface area contributed by atoms with Crippen LogP contribution in [-0.4, -0.2) is 20.6 Å². The fourth-order valence-electron chi connectivity index (χ4n) is 3.63. The van der Waals surface area contributed by atoms with Gasteiger partial charge in [-0.3, -0.25) is 9.78 Å². The molecule has 1 N–H and O–H groups in total. The zero-order valence-electron chi connectivity index (χ0n) is 14.9. The molecule has 0 bridgehead atoms. The van der Waals surface area contributed by atoms with E-state index >= 15 is 0 Å². The monoisotopic (exact) mass is 356 g/mol. The molecule has 0 amide bonds. The maximum atomic E-state index is 11.0. The molecule has 0 saturated heterocycles. The first-order valence-electron chi connectivity index (χ1n) is 9.05. The molecule has 2 aromatic heterocycles. The van der Waals surface area contributed by atoms with Gasteiger partial charge in [-0.1, -0.05) is 48.5 Å². The average molecular weight is 356 g/mol. The number of benzene rings is 2. The normalized spacial score (nSPS) is 11.0. The fraction of sp³-hybridized carbons (Fsp3) is 0.130. The second-order valence-corrected chi connectivity index (χ2v) is 6.50. The van der Waals surface area contributed by atoms with Gasteiger partial charge in [-0.05, 0) is 42.2 Å². The Bertz CT molecular complexity index is 1070. The van der Waals surface area contributed by atoms with Gasteiger partial charge in [0.05, 0.1) is 23.1 Å². The average Bonchev–Trinajstić information content (AvgIpc) is 3.03. The van der Waals surface area contributed by atoms with Crippen LogP contribution < -0.4 is 0 Å². The third-order valence-electron chi connectivity index (χ3n) is 4.75. The zero-order chi connectivity index (χ0) is 18.6. The zero-order valence-corrected chi connectivity index (χ0v) is 14.9. The summed E-state index contributed by atoms with van der Waals surface area (Å²) < 4.78 is 2.23. The maximum absolute atomic E-state index is 11.0. The van der Waals surface area contributed by atoms with E-state index in [4.69, 9.17) is 5.11 Å². The van der Waals surface area contributed by atoms with Gasteiger partial charge < -0.3 is 9.67 Å². The van der Waals surface area contributed by atoms with Crippen LogP contribution >= 0.6 is 0 Å². The van der Waals surface area contributed by atoms with Gasteiger partial charge >= 0.3 is 5.97 Å². The van der Waals surface area contributed by atoms with Crippen molar-refractivity contribution in [2.75, 3.05) is 0 Å². The van der Waals surface area contributed by atoms with Gasteiger partial charge in [0.2, 0.25) is 0 Å². The summed E-state index contributed by atoms with van der Waals surface area (Å²) in [4.78, 5) is 15.3. The van der Waals surface area contributed by atoms with E-state index in [1.807, 2.05) is 48.7 Å². The molecular formula is C23H20N2O2. The highest BCUT2D eigenvalue weighted by molar-refractivity contribution is 5.93. The van der Waals surface area contributed by atoms with E-state index in [1.54, 1.807) is 6.20 Å².